The molecule has 1 aromatic carbocycles. The summed E-state index contributed by atoms with van der Waals surface area (Å²) in [6, 6.07) is 4.08. The molecule has 0 fully saturated rings. The van der Waals surface area contributed by atoms with Crippen LogP contribution in [0, 0.1) is 6.92 Å². The highest BCUT2D eigenvalue weighted by molar-refractivity contribution is 5.46. The van der Waals surface area contributed by atoms with Gasteiger partial charge in [-0.1, -0.05) is 0 Å². The maximum atomic E-state index is 5.53. The van der Waals surface area contributed by atoms with Gasteiger partial charge in [0, 0.05) is 19.6 Å². The Kier molecular flexibility index (Phi) is 5.95. The molecular formula is C14H24N2O2. The highest BCUT2D eigenvalue weighted by Crippen LogP contribution is 2.28. The number of aryl methyl sites for hydroxylation is 1. The van der Waals surface area contributed by atoms with Crippen LogP contribution in [0.1, 0.15) is 11.1 Å². The van der Waals surface area contributed by atoms with Crippen LogP contribution in [0.2, 0.25) is 0 Å². The van der Waals surface area contributed by atoms with Crippen molar-refractivity contribution in [2.45, 2.75) is 13.3 Å². The van der Waals surface area contributed by atoms with Crippen molar-refractivity contribution >= 4 is 0 Å². The van der Waals surface area contributed by atoms with Gasteiger partial charge in [0.05, 0.1) is 14.2 Å². The largest absolute Gasteiger partial charge is 0.496 e. The SMILES string of the molecule is COc1cc(CCN(C)CCN)c(OC)cc1C. The van der Waals surface area contributed by atoms with Crippen LogP contribution >= 0.6 is 0 Å². The van der Waals surface area contributed by atoms with Crippen molar-refractivity contribution < 1.29 is 9.47 Å². The number of hydrogen-bond donors (Lipinski definition) is 1. The fraction of sp³-hybridized carbons (Fsp3) is 0.571. The zero-order valence-electron chi connectivity index (χ0n) is 11.8. The van der Waals surface area contributed by atoms with E-state index >= 15 is 0 Å². The zero-order valence-corrected chi connectivity index (χ0v) is 11.8. The minimum absolute atomic E-state index is 0.685. The fourth-order valence-corrected chi connectivity index (χ4v) is 1.95. The predicted octanol–water partition coefficient (Wildman–Crippen LogP) is 1.45. The molecular weight excluding hydrogens is 228 g/mol. The highest BCUT2D eigenvalue weighted by Gasteiger charge is 2.09. The summed E-state index contributed by atoms with van der Waals surface area (Å²) in [6.45, 7) is 4.57. The van der Waals surface area contributed by atoms with Gasteiger partial charge in [-0.2, -0.15) is 0 Å². The summed E-state index contributed by atoms with van der Waals surface area (Å²) in [7, 11) is 5.47. The lowest BCUT2D eigenvalue weighted by atomic mass is 10.1. The summed E-state index contributed by atoms with van der Waals surface area (Å²) in [5, 5.41) is 0. The quantitative estimate of drug-likeness (QED) is 0.798. The Morgan fingerprint density at radius 2 is 1.78 bits per heavy atom. The first-order valence-electron chi connectivity index (χ1n) is 6.22. The first kappa shape index (κ1) is 14.8. The van der Waals surface area contributed by atoms with Crippen molar-refractivity contribution in [3.8, 4) is 11.5 Å². The van der Waals surface area contributed by atoms with Gasteiger partial charge in [0.15, 0.2) is 0 Å². The first-order valence-corrected chi connectivity index (χ1v) is 6.22. The number of ether oxygens (including phenoxy) is 2. The Hall–Kier alpha value is -1.26. The van der Waals surface area contributed by atoms with Gasteiger partial charge in [-0.3, -0.25) is 0 Å². The molecule has 0 unspecified atom stereocenters. The van der Waals surface area contributed by atoms with Crippen molar-refractivity contribution in [2.75, 3.05) is 40.9 Å². The van der Waals surface area contributed by atoms with E-state index in [1.54, 1.807) is 14.2 Å². The summed E-state index contributed by atoms with van der Waals surface area (Å²) in [5.74, 6) is 1.83. The average molecular weight is 252 g/mol. The molecule has 0 atom stereocenters. The molecule has 0 amide bonds. The third-order valence-corrected chi connectivity index (χ3v) is 3.07. The van der Waals surface area contributed by atoms with Crippen molar-refractivity contribution in [3.05, 3.63) is 23.3 Å². The second-order valence-corrected chi connectivity index (χ2v) is 4.48. The van der Waals surface area contributed by atoms with Crippen LogP contribution in [0.5, 0.6) is 11.5 Å². The standard InChI is InChI=1S/C14H24N2O2/c1-11-9-14(18-4)12(10-13(11)17-3)5-7-16(2)8-6-15/h9-10H,5-8,15H2,1-4H3. The lowest BCUT2D eigenvalue weighted by molar-refractivity contribution is 0.342. The zero-order chi connectivity index (χ0) is 13.5. The molecule has 4 heteroatoms. The van der Waals surface area contributed by atoms with E-state index in [2.05, 4.69) is 18.0 Å². The van der Waals surface area contributed by atoms with Crippen LogP contribution in [0.25, 0.3) is 0 Å². The molecule has 4 nitrogen and oxygen atoms in total. The third kappa shape index (κ3) is 3.89. The van der Waals surface area contributed by atoms with Gasteiger partial charge in [-0.25, -0.2) is 0 Å². The molecule has 0 saturated heterocycles. The van der Waals surface area contributed by atoms with Crippen LogP contribution in [0.3, 0.4) is 0 Å². The summed E-state index contributed by atoms with van der Waals surface area (Å²) in [5.41, 5.74) is 7.79. The van der Waals surface area contributed by atoms with Crippen molar-refractivity contribution in [1.82, 2.24) is 4.90 Å². The summed E-state index contributed by atoms with van der Waals surface area (Å²) < 4.78 is 10.8. The van der Waals surface area contributed by atoms with Crippen molar-refractivity contribution in [3.63, 3.8) is 0 Å². The fourth-order valence-electron chi connectivity index (χ4n) is 1.95. The predicted molar refractivity (Wildman–Crippen MR) is 74.5 cm³/mol. The Balaban J connectivity index is 2.79. The van der Waals surface area contributed by atoms with Gasteiger partial charge in [-0.15, -0.1) is 0 Å². The number of nitrogens with zero attached hydrogens (tertiary/aromatic N) is 1. The number of benzene rings is 1. The molecule has 0 spiro atoms. The van der Waals surface area contributed by atoms with E-state index in [0.29, 0.717) is 6.54 Å². The highest BCUT2D eigenvalue weighted by atomic mass is 16.5. The molecule has 2 N–H and O–H groups in total. The van der Waals surface area contributed by atoms with Crippen LogP contribution in [-0.4, -0.2) is 45.8 Å². The lowest BCUT2D eigenvalue weighted by Crippen LogP contribution is -2.27. The first-order chi connectivity index (χ1) is 8.62. The summed E-state index contributed by atoms with van der Waals surface area (Å²) in [4.78, 5) is 2.21. The second-order valence-electron chi connectivity index (χ2n) is 4.48. The van der Waals surface area contributed by atoms with Gasteiger partial charge >= 0.3 is 0 Å². The molecule has 1 aromatic rings. The van der Waals surface area contributed by atoms with E-state index in [-0.39, 0.29) is 0 Å². The molecule has 0 heterocycles. The Morgan fingerprint density at radius 1 is 1.11 bits per heavy atom. The Labute approximate surface area is 110 Å². The number of rotatable bonds is 7. The molecule has 102 valence electrons. The van der Waals surface area contributed by atoms with Crippen molar-refractivity contribution in [2.24, 2.45) is 5.73 Å². The van der Waals surface area contributed by atoms with Crippen molar-refractivity contribution in [1.29, 1.82) is 0 Å². The molecule has 0 aliphatic heterocycles. The van der Waals surface area contributed by atoms with Gasteiger partial charge in [0.1, 0.15) is 11.5 Å². The van der Waals surface area contributed by atoms with Gasteiger partial charge in [-0.05, 0) is 43.7 Å². The molecule has 0 aliphatic rings. The van der Waals surface area contributed by atoms with Gasteiger partial charge in [0.2, 0.25) is 0 Å². The van der Waals surface area contributed by atoms with E-state index in [4.69, 9.17) is 15.2 Å². The van der Waals surface area contributed by atoms with E-state index < -0.39 is 0 Å². The smallest absolute Gasteiger partial charge is 0.122 e. The molecule has 0 bridgehead atoms. The molecule has 0 aliphatic carbocycles. The molecule has 0 radical (unpaired) electrons. The molecule has 1 rings (SSSR count). The number of hydrogen-bond acceptors (Lipinski definition) is 4. The Bertz CT molecular complexity index is 380. The van der Waals surface area contributed by atoms with E-state index in [9.17, 15) is 0 Å². The normalized spacial score (nSPS) is 10.8. The van der Waals surface area contributed by atoms with E-state index in [1.165, 1.54) is 5.56 Å². The Morgan fingerprint density at radius 3 is 2.33 bits per heavy atom. The minimum Gasteiger partial charge on any atom is -0.496 e. The second kappa shape index (κ2) is 7.24. The monoisotopic (exact) mass is 252 g/mol. The van der Waals surface area contributed by atoms with E-state index in [0.717, 1.165) is 36.6 Å². The molecule has 18 heavy (non-hydrogen) atoms. The number of nitrogens with two attached hydrogens (primary N) is 1. The maximum absolute atomic E-state index is 5.53. The van der Waals surface area contributed by atoms with Crippen LogP contribution in [-0.2, 0) is 6.42 Å². The maximum Gasteiger partial charge on any atom is 0.122 e. The lowest BCUT2D eigenvalue weighted by Gasteiger charge is -2.17. The summed E-state index contributed by atoms with van der Waals surface area (Å²) in [6.07, 6.45) is 0.927. The van der Waals surface area contributed by atoms with Gasteiger partial charge < -0.3 is 20.1 Å². The number of methoxy groups -OCH3 is 2. The minimum atomic E-state index is 0.685. The third-order valence-electron chi connectivity index (χ3n) is 3.07. The molecule has 0 aromatic heterocycles. The molecule has 0 saturated carbocycles. The average Bonchev–Trinajstić information content (AvgIpc) is 2.37. The van der Waals surface area contributed by atoms with Crippen LogP contribution < -0.4 is 15.2 Å². The van der Waals surface area contributed by atoms with E-state index in [1.807, 2.05) is 13.0 Å². The van der Waals surface area contributed by atoms with Crippen LogP contribution in [0.4, 0.5) is 0 Å². The van der Waals surface area contributed by atoms with Gasteiger partial charge in [0.25, 0.3) is 0 Å². The number of likely N-dealkylation sites (N-methyl/N-ethyl adjacent to an activating group) is 1. The summed E-state index contributed by atoms with van der Waals surface area (Å²) >= 11 is 0. The van der Waals surface area contributed by atoms with Crippen LogP contribution in [0.15, 0.2) is 12.1 Å². The topological polar surface area (TPSA) is 47.7 Å².